The van der Waals surface area contributed by atoms with Gasteiger partial charge >= 0.3 is 5.97 Å². The van der Waals surface area contributed by atoms with E-state index in [0.29, 0.717) is 22.9 Å². The summed E-state index contributed by atoms with van der Waals surface area (Å²) < 4.78 is 15.7. The SMILES string of the molecule is CC[C@H](Oc1ccccc1)C(=O)OCC(=O)NNC(=O)COc1ccc(Cl)cc1. The van der Waals surface area contributed by atoms with Crippen molar-refractivity contribution in [2.75, 3.05) is 13.2 Å². The van der Waals surface area contributed by atoms with Gasteiger partial charge in [-0.25, -0.2) is 4.79 Å². The molecule has 0 radical (unpaired) electrons. The van der Waals surface area contributed by atoms with Gasteiger partial charge in [-0.2, -0.15) is 0 Å². The van der Waals surface area contributed by atoms with E-state index in [1.165, 1.54) is 0 Å². The quantitative estimate of drug-likeness (QED) is 0.476. The van der Waals surface area contributed by atoms with Gasteiger partial charge < -0.3 is 14.2 Å². The summed E-state index contributed by atoms with van der Waals surface area (Å²) >= 11 is 5.75. The Hall–Kier alpha value is -3.26. The summed E-state index contributed by atoms with van der Waals surface area (Å²) in [5.41, 5.74) is 4.29. The van der Waals surface area contributed by atoms with Crippen LogP contribution in [0, 0.1) is 0 Å². The van der Waals surface area contributed by atoms with Crippen molar-refractivity contribution >= 4 is 29.4 Å². The second-order valence-corrected chi connectivity index (χ2v) is 6.21. The largest absolute Gasteiger partial charge is 0.484 e. The average Bonchev–Trinajstić information content (AvgIpc) is 2.74. The van der Waals surface area contributed by atoms with Crippen LogP contribution in [0.1, 0.15) is 13.3 Å². The molecular formula is C20H21ClN2O6. The van der Waals surface area contributed by atoms with Crippen LogP contribution in [0.3, 0.4) is 0 Å². The van der Waals surface area contributed by atoms with Gasteiger partial charge in [-0.05, 0) is 42.8 Å². The number of carbonyl (C=O) groups is 3. The standard InChI is InChI=1S/C20H21ClN2O6/c1-2-17(29-16-6-4-3-5-7-16)20(26)28-13-19(25)23-22-18(24)12-27-15-10-8-14(21)9-11-15/h3-11,17H,2,12-13H2,1H3,(H,22,24)(H,23,25)/t17-/m0/s1. The summed E-state index contributed by atoms with van der Waals surface area (Å²) in [5, 5.41) is 0.545. The number of amides is 2. The van der Waals surface area contributed by atoms with E-state index in [1.807, 2.05) is 6.07 Å². The number of hydrogen-bond donors (Lipinski definition) is 2. The summed E-state index contributed by atoms with van der Waals surface area (Å²) in [5.74, 6) is -0.988. The molecule has 2 aromatic rings. The van der Waals surface area contributed by atoms with Crippen molar-refractivity contribution in [2.24, 2.45) is 0 Å². The van der Waals surface area contributed by atoms with Gasteiger partial charge in [0.25, 0.3) is 11.8 Å². The molecule has 0 aromatic heterocycles. The zero-order valence-electron chi connectivity index (χ0n) is 15.7. The van der Waals surface area contributed by atoms with E-state index in [4.69, 9.17) is 25.8 Å². The minimum atomic E-state index is -0.840. The second-order valence-electron chi connectivity index (χ2n) is 5.77. The molecule has 9 heteroatoms. The van der Waals surface area contributed by atoms with E-state index in [0.717, 1.165) is 0 Å². The maximum Gasteiger partial charge on any atom is 0.347 e. The highest BCUT2D eigenvalue weighted by Gasteiger charge is 2.21. The monoisotopic (exact) mass is 420 g/mol. The molecule has 0 spiro atoms. The molecule has 2 rings (SSSR count). The van der Waals surface area contributed by atoms with E-state index in [9.17, 15) is 14.4 Å². The predicted molar refractivity (Wildman–Crippen MR) is 105 cm³/mol. The van der Waals surface area contributed by atoms with Crippen molar-refractivity contribution in [2.45, 2.75) is 19.4 Å². The fourth-order valence-corrected chi connectivity index (χ4v) is 2.21. The molecule has 0 heterocycles. The molecule has 2 aromatic carbocycles. The van der Waals surface area contributed by atoms with Crippen LogP contribution in [0.2, 0.25) is 5.02 Å². The molecule has 2 N–H and O–H groups in total. The van der Waals surface area contributed by atoms with Crippen molar-refractivity contribution in [3.05, 3.63) is 59.6 Å². The maximum absolute atomic E-state index is 12.1. The number of hydrogen-bond acceptors (Lipinski definition) is 6. The Morgan fingerprint density at radius 2 is 1.52 bits per heavy atom. The number of nitrogens with one attached hydrogen (secondary N) is 2. The molecule has 0 unspecified atom stereocenters. The molecular weight excluding hydrogens is 400 g/mol. The Bertz CT molecular complexity index is 813. The third-order valence-corrected chi connectivity index (χ3v) is 3.78. The van der Waals surface area contributed by atoms with Gasteiger partial charge in [-0.1, -0.05) is 36.7 Å². The lowest BCUT2D eigenvalue weighted by atomic mass is 10.2. The number of hydrazine groups is 1. The molecule has 0 aliphatic carbocycles. The minimum Gasteiger partial charge on any atom is -0.484 e. The van der Waals surface area contributed by atoms with Gasteiger partial charge in [0, 0.05) is 5.02 Å². The molecule has 0 fully saturated rings. The fourth-order valence-electron chi connectivity index (χ4n) is 2.08. The number of rotatable bonds is 9. The van der Waals surface area contributed by atoms with Crippen LogP contribution in [-0.2, 0) is 19.1 Å². The first kappa shape index (κ1) is 22.0. The lowest BCUT2D eigenvalue weighted by molar-refractivity contribution is -0.156. The van der Waals surface area contributed by atoms with Crippen molar-refractivity contribution in [1.82, 2.24) is 10.9 Å². The number of para-hydroxylation sites is 1. The number of esters is 1. The van der Waals surface area contributed by atoms with Gasteiger partial charge in [0.1, 0.15) is 11.5 Å². The minimum absolute atomic E-state index is 0.315. The van der Waals surface area contributed by atoms with E-state index in [2.05, 4.69) is 10.9 Å². The van der Waals surface area contributed by atoms with Crippen molar-refractivity contribution < 1.29 is 28.6 Å². The van der Waals surface area contributed by atoms with E-state index in [1.54, 1.807) is 55.5 Å². The topological polar surface area (TPSA) is 103 Å². The highest BCUT2D eigenvalue weighted by atomic mass is 35.5. The molecule has 0 aliphatic heterocycles. The molecule has 154 valence electrons. The summed E-state index contributed by atoms with van der Waals surface area (Å²) in [6.45, 7) is 0.881. The van der Waals surface area contributed by atoms with Gasteiger partial charge in [0.15, 0.2) is 19.3 Å². The van der Waals surface area contributed by atoms with Crippen LogP contribution in [0.5, 0.6) is 11.5 Å². The molecule has 1 atom stereocenters. The van der Waals surface area contributed by atoms with Crippen LogP contribution in [0.15, 0.2) is 54.6 Å². The summed E-state index contributed by atoms with van der Waals surface area (Å²) in [6, 6.07) is 15.3. The first-order valence-corrected chi connectivity index (χ1v) is 9.20. The van der Waals surface area contributed by atoms with Crippen LogP contribution in [-0.4, -0.2) is 37.1 Å². The van der Waals surface area contributed by atoms with Crippen LogP contribution < -0.4 is 20.3 Å². The van der Waals surface area contributed by atoms with Crippen LogP contribution in [0.25, 0.3) is 0 Å². The van der Waals surface area contributed by atoms with Gasteiger partial charge in [0.2, 0.25) is 0 Å². The van der Waals surface area contributed by atoms with Crippen LogP contribution >= 0.6 is 11.6 Å². The van der Waals surface area contributed by atoms with Crippen molar-refractivity contribution in [3.63, 3.8) is 0 Å². The first-order chi connectivity index (χ1) is 14.0. The third-order valence-electron chi connectivity index (χ3n) is 3.53. The fraction of sp³-hybridized carbons (Fsp3) is 0.250. The second kappa shape index (κ2) is 11.6. The summed E-state index contributed by atoms with van der Waals surface area (Å²) in [4.78, 5) is 35.5. The Morgan fingerprint density at radius 1 is 0.897 bits per heavy atom. The molecule has 2 amide bonds. The van der Waals surface area contributed by atoms with E-state index < -0.39 is 30.5 Å². The number of halogens is 1. The smallest absolute Gasteiger partial charge is 0.347 e. The zero-order chi connectivity index (χ0) is 21.1. The normalized spacial score (nSPS) is 11.1. The van der Waals surface area contributed by atoms with E-state index in [-0.39, 0.29) is 6.61 Å². The first-order valence-electron chi connectivity index (χ1n) is 8.82. The molecule has 0 aliphatic rings. The highest BCUT2D eigenvalue weighted by molar-refractivity contribution is 6.30. The molecule has 29 heavy (non-hydrogen) atoms. The maximum atomic E-state index is 12.1. The van der Waals surface area contributed by atoms with Gasteiger partial charge in [-0.3, -0.25) is 20.4 Å². The number of carbonyl (C=O) groups excluding carboxylic acids is 3. The highest BCUT2D eigenvalue weighted by Crippen LogP contribution is 2.15. The molecule has 0 saturated carbocycles. The van der Waals surface area contributed by atoms with Crippen molar-refractivity contribution in [1.29, 1.82) is 0 Å². The summed E-state index contributed by atoms with van der Waals surface area (Å²) in [6.07, 6.45) is -0.471. The van der Waals surface area contributed by atoms with Crippen molar-refractivity contribution in [3.8, 4) is 11.5 Å². The van der Waals surface area contributed by atoms with Gasteiger partial charge in [-0.15, -0.1) is 0 Å². The Kier molecular flexibility index (Phi) is 8.78. The van der Waals surface area contributed by atoms with Gasteiger partial charge in [0.05, 0.1) is 0 Å². The van der Waals surface area contributed by atoms with E-state index >= 15 is 0 Å². The predicted octanol–water partition coefficient (Wildman–Crippen LogP) is 2.27. The lowest BCUT2D eigenvalue weighted by Gasteiger charge is -2.16. The molecule has 8 nitrogen and oxygen atoms in total. The Balaban J connectivity index is 1.66. The number of ether oxygens (including phenoxy) is 3. The molecule has 0 saturated heterocycles. The lowest BCUT2D eigenvalue weighted by Crippen LogP contribution is -2.46. The zero-order valence-corrected chi connectivity index (χ0v) is 16.5. The number of benzene rings is 2. The summed E-state index contributed by atoms with van der Waals surface area (Å²) in [7, 11) is 0. The Labute approximate surface area is 173 Å². The molecule has 0 bridgehead atoms. The average molecular weight is 421 g/mol. The Morgan fingerprint density at radius 3 is 2.14 bits per heavy atom. The van der Waals surface area contributed by atoms with Crippen LogP contribution in [0.4, 0.5) is 0 Å². The third kappa shape index (κ3) is 8.10.